The fourth-order valence-electron chi connectivity index (χ4n) is 8.28. The van der Waals surface area contributed by atoms with E-state index in [1.807, 2.05) is 0 Å². The molecule has 0 unspecified atom stereocenters. The van der Waals surface area contributed by atoms with Crippen LogP contribution >= 0.6 is 0 Å². The number of para-hydroxylation sites is 1. The highest BCUT2D eigenvalue weighted by Crippen LogP contribution is 2.49. The Balaban J connectivity index is 1.26. The average Bonchev–Trinajstić information content (AvgIpc) is 3.27. The van der Waals surface area contributed by atoms with Gasteiger partial charge in [0.15, 0.2) is 0 Å². The molecule has 0 fully saturated rings. The zero-order valence-electron chi connectivity index (χ0n) is 30.3. The Labute approximate surface area is 322 Å². The third-order valence-electron chi connectivity index (χ3n) is 10.8. The van der Waals surface area contributed by atoms with Crippen molar-refractivity contribution in [2.45, 2.75) is 0 Å². The molecule has 10 aromatic carbocycles. The molecule has 1 heteroatoms. The molecule has 1 nitrogen and oxygen atoms in total. The molecule has 0 heterocycles. The fourth-order valence-corrected chi connectivity index (χ4v) is 8.28. The maximum Gasteiger partial charge on any atom is 0.0546 e. The average molecular weight is 700 g/mol. The summed E-state index contributed by atoms with van der Waals surface area (Å²) >= 11 is 0. The van der Waals surface area contributed by atoms with Gasteiger partial charge in [0.25, 0.3) is 0 Å². The van der Waals surface area contributed by atoms with Gasteiger partial charge >= 0.3 is 0 Å². The molecule has 0 saturated heterocycles. The largest absolute Gasteiger partial charge is 0.309 e. The number of hydrogen-bond donors (Lipinski definition) is 0. The normalized spacial score (nSPS) is 11.3. The van der Waals surface area contributed by atoms with E-state index in [9.17, 15) is 0 Å². The zero-order valence-corrected chi connectivity index (χ0v) is 30.3. The van der Waals surface area contributed by atoms with Crippen molar-refractivity contribution in [1.82, 2.24) is 0 Å². The summed E-state index contributed by atoms with van der Waals surface area (Å²) in [4.78, 5) is 2.48. The Kier molecular flexibility index (Phi) is 8.24. The lowest BCUT2D eigenvalue weighted by Gasteiger charge is -2.31. The molecule has 0 saturated carbocycles. The van der Waals surface area contributed by atoms with Crippen LogP contribution in [0.2, 0.25) is 0 Å². The van der Waals surface area contributed by atoms with E-state index in [-0.39, 0.29) is 0 Å². The molecule has 10 aromatic rings. The number of hydrogen-bond acceptors (Lipinski definition) is 1. The molecular weight excluding hydrogens is 663 g/mol. The standard InChI is InChI=1S/C54H37N/c1-3-18-39(19-4-1)48-30-16-32-53(54(48)40-20-5-2-6-21-40)55(52-31-14-13-27-47(52)44-34-33-38-17-7-8-22-41(38)35-44)45-25-15-24-42(36-45)51-37-43-23-9-10-26-46(43)49-28-11-12-29-50(49)51/h1-37H. The summed E-state index contributed by atoms with van der Waals surface area (Å²) in [5, 5.41) is 7.48. The minimum Gasteiger partial charge on any atom is -0.309 e. The molecule has 258 valence electrons. The maximum absolute atomic E-state index is 2.48. The smallest absolute Gasteiger partial charge is 0.0546 e. The first-order valence-corrected chi connectivity index (χ1v) is 18.9. The molecule has 0 aliphatic heterocycles. The highest BCUT2D eigenvalue weighted by molar-refractivity contribution is 6.14. The van der Waals surface area contributed by atoms with Crippen LogP contribution in [-0.4, -0.2) is 0 Å². The fraction of sp³-hybridized carbons (Fsp3) is 0. The van der Waals surface area contributed by atoms with Crippen LogP contribution in [-0.2, 0) is 0 Å². The number of fused-ring (bicyclic) bond motifs is 4. The molecular formula is C54H37N. The summed E-state index contributed by atoms with van der Waals surface area (Å²) in [6.45, 7) is 0. The summed E-state index contributed by atoms with van der Waals surface area (Å²) in [6, 6.07) is 81.6. The Bertz CT molecular complexity index is 2980. The van der Waals surface area contributed by atoms with E-state index in [1.54, 1.807) is 0 Å². The predicted octanol–water partition coefficient (Wildman–Crippen LogP) is 15.3. The van der Waals surface area contributed by atoms with Crippen LogP contribution in [0, 0.1) is 0 Å². The Morgan fingerprint density at radius 2 is 0.818 bits per heavy atom. The van der Waals surface area contributed by atoms with E-state index in [0.29, 0.717) is 0 Å². The molecule has 0 aliphatic rings. The van der Waals surface area contributed by atoms with Crippen molar-refractivity contribution in [2.75, 3.05) is 4.90 Å². The lowest BCUT2D eigenvalue weighted by Crippen LogP contribution is -2.13. The predicted molar refractivity (Wildman–Crippen MR) is 235 cm³/mol. The van der Waals surface area contributed by atoms with Crippen molar-refractivity contribution in [1.29, 1.82) is 0 Å². The van der Waals surface area contributed by atoms with E-state index in [2.05, 4.69) is 229 Å². The van der Waals surface area contributed by atoms with Crippen LogP contribution in [0.5, 0.6) is 0 Å². The molecule has 0 bridgehead atoms. The SMILES string of the molecule is c1ccc(-c2cccc(N(c3cccc(-c4cc5ccccc5c5ccccc45)c3)c3ccccc3-c3ccc4ccccc4c3)c2-c2ccccc2)cc1. The van der Waals surface area contributed by atoms with Crippen LogP contribution in [0.4, 0.5) is 17.1 Å². The van der Waals surface area contributed by atoms with Crippen LogP contribution in [0.3, 0.4) is 0 Å². The van der Waals surface area contributed by atoms with Crippen molar-refractivity contribution in [2.24, 2.45) is 0 Å². The molecule has 10 rings (SSSR count). The van der Waals surface area contributed by atoms with Crippen LogP contribution in [0.25, 0.3) is 76.8 Å². The van der Waals surface area contributed by atoms with E-state index >= 15 is 0 Å². The molecule has 0 N–H and O–H groups in total. The zero-order chi connectivity index (χ0) is 36.6. The van der Waals surface area contributed by atoms with Crippen molar-refractivity contribution in [3.63, 3.8) is 0 Å². The number of rotatable bonds is 7. The first-order chi connectivity index (χ1) is 27.3. The first-order valence-electron chi connectivity index (χ1n) is 18.9. The number of benzene rings is 10. The maximum atomic E-state index is 2.48. The van der Waals surface area contributed by atoms with E-state index in [4.69, 9.17) is 0 Å². The van der Waals surface area contributed by atoms with E-state index in [1.165, 1.54) is 76.8 Å². The monoisotopic (exact) mass is 699 g/mol. The van der Waals surface area contributed by atoms with Gasteiger partial charge < -0.3 is 4.90 Å². The van der Waals surface area contributed by atoms with Gasteiger partial charge in [0.1, 0.15) is 0 Å². The summed E-state index contributed by atoms with van der Waals surface area (Å²) in [5.41, 5.74) is 12.8. The Morgan fingerprint density at radius 1 is 0.255 bits per heavy atom. The highest BCUT2D eigenvalue weighted by atomic mass is 15.1. The second kappa shape index (κ2) is 14.0. The minimum absolute atomic E-state index is 1.09. The van der Waals surface area contributed by atoms with E-state index < -0.39 is 0 Å². The summed E-state index contributed by atoms with van der Waals surface area (Å²) in [5.74, 6) is 0. The third-order valence-corrected chi connectivity index (χ3v) is 10.8. The molecule has 0 amide bonds. The van der Waals surface area contributed by atoms with Gasteiger partial charge in [0.2, 0.25) is 0 Å². The van der Waals surface area contributed by atoms with Crippen LogP contribution in [0.15, 0.2) is 224 Å². The number of anilines is 3. The lowest BCUT2D eigenvalue weighted by atomic mass is 9.91. The van der Waals surface area contributed by atoms with Gasteiger partial charge in [-0.1, -0.05) is 188 Å². The molecule has 0 spiro atoms. The van der Waals surface area contributed by atoms with E-state index in [0.717, 1.165) is 17.1 Å². The highest BCUT2D eigenvalue weighted by Gasteiger charge is 2.23. The number of nitrogens with zero attached hydrogens (tertiary/aromatic N) is 1. The summed E-state index contributed by atoms with van der Waals surface area (Å²) in [7, 11) is 0. The third kappa shape index (κ3) is 5.93. The Morgan fingerprint density at radius 3 is 1.64 bits per heavy atom. The van der Waals surface area contributed by atoms with Gasteiger partial charge in [0, 0.05) is 16.8 Å². The first kappa shape index (κ1) is 32.4. The topological polar surface area (TPSA) is 3.24 Å². The van der Waals surface area contributed by atoms with Gasteiger partial charge in [-0.25, -0.2) is 0 Å². The van der Waals surface area contributed by atoms with Gasteiger partial charge in [-0.15, -0.1) is 0 Å². The quantitative estimate of drug-likeness (QED) is 0.150. The van der Waals surface area contributed by atoms with Gasteiger partial charge in [-0.2, -0.15) is 0 Å². The minimum atomic E-state index is 1.09. The molecule has 0 radical (unpaired) electrons. The Hall–Kier alpha value is -7.22. The second-order valence-electron chi connectivity index (χ2n) is 14.1. The van der Waals surface area contributed by atoms with Gasteiger partial charge in [-0.05, 0) is 102 Å². The second-order valence-corrected chi connectivity index (χ2v) is 14.1. The van der Waals surface area contributed by atoms with Crippen molar-refractivity contribution >= 4 is 49.4 Å². The molecule has 55 heavy (non-hydrogen) atoms. The van der Waals surface area contributed by atoms with Gasteiger partial charge in [0.05, 0.1) is 11.4 Å². The molecule has 0 aliphatic carbocycles. The summed E-state index contributed by atoms with van der Waals surface area (Å²) in [6.07, 6.45) is 0. The summed E-state index contributed by atoms with van der Waals surface area (Å²) < 4.78 is 0. The molecule has 0 atom stereocenters. The van der Waals surface area contributed by atoms with Crippen molar-refractivity contribution < 1.29 is 0 Å². The molecule has 0 aromatic heterocycles. The lowest BCUT2D eigenvalue weighted by molar-refractivity contribution is 1.28. The van der Waals surface area contributed by atoms with Crippen LogP contribution < -0.4 is 4.90 Å². The van der Waals surface area contributed by atoms with Crippen LogP contribution in [0.1, 0.15) is 0 Å². The van der Waals surface area contributed by atoms with Gasteiger partial charge in [-0.3, -0.25) is 0 Å². The van der Waals surface area contributed by atoms with Crippen molar-refractivity contribution in [3.8, 4) is 44.5 Å². The van der Waals surface area contributed by atoms with Crippen molar-refractivity contribution in [3.05, 3.63) is 224 Å².